The molecule has 1 aliphatic heterocycles. The van der Waals surface area contributed by atoms with Crippen LogP contribution in [0.15, 0.2) is 60.1 Å². The van der Waals surface area contributed by atoms with Crippen LogP contribution in [-0.2, 0) is 4.79 Å². The van der Waals surface area contributed by atoms with Crippen LogP contribution < -0.4 is 4.74 Å². The van der Waals surface area contributed by atoms with E-state index in [0.29, 0.717) is 36.1 Å². The van der Waals surface area contributed by atoms with E-state index in [9.17, 15) is 19.8 Å². The summed E-state index contributed by atoms with van der Waals surface area (Å²) in [6, 6.07) is 8.44. The lowest BCUT2D eigenvalue weighted by Gasteiger charge is -2.37. The number of hydrogen-bond acceptors (Lipinski definition) is 4. The third-order valence-corrected chi connectivity index (χ3v) is 7.59. The summed E-state index contributed by atoms with van der Waals surface area (Å²) in [5, 5.41) is 20.1. The van der Waals surface area contributed by atoms with Crippen LogP contribution in [0.1, 0.15) is 27.4 Å². The van der Waals surface area contributed by atoms with Crippen LogP contribution in [0.3, 0.4) is 0 Å². The van der Waals surface area contributed by atoms with E-state index in [4.69, 9.17) is 4.74 Å². The van der Waals surface area contributed by atoms with Gasteiger partial charge in [0.2, 0.25) is 5.78 Å². The monoisotopic (exact) mass is 646 g/mol. The predicted molar refractivity (Wildman–Crippen MR) is 121 cm³/mol. The molecule has 9 heteroatoms. The van der Waals surface area contributed by atoms with Crippen molar-refractivity contribution < 1.29 is 24.5 Å². The Morgan fingerprint density at radius 3 is 2.45 bits per heavy atom. The molecule has 0 aromatic heterocycles. The summed E-state index contributed by atoms with van der Waals surface area (Å²) in [6.07, 6.45) is 1.73. The summed E-state index contributed by atoms with van der Waals surface area (Å²) in [6.45, 7) is 0. The number of carbonyl (C=O) groups excluding carboxylic acids is 1. The van der Waals surface area contributed by atoms with Gasteiger partial charge in [-0.1, -0.05) is 24.3 Å². The van der Waals surface area contributed by atoms with Gasteiger partial charge >= 0.3 is 5.97 Å². The summed E-state index contributed by atoms with van der Waals surface area (Å²) < 4.78 is 7.41. The van der Waals surface area contributed by atoms with Crippen molar-refractivity contribution in [2.24, 2.45) is 5.92 Å². The lowest BCUT2D eigenvalue weighted by atomic mass is 9.74. The van der Waals surface area contributed by atoms with Crippen molar-refractivity contribution in [2.75, 3.05) is 0 Å². The van der Waals surface area contributed by atoms with E-state index < -0.39 is 17.8 Å². The van der Waals surface area contributed by atoms with Gasteiger partial charge in [0, 0.05) is 17.4 Å². The minimum atomic E-state index is -1.05. The Labute approximate surface area is 199 Å². The molecule has 2 aliphatic rings. The van der Waals surface area contributed by atoms with Gasteiger partial charge < -0.3 is 14.9 Å². The number of phenols is 1. The topological polar surface area (TPSA) is 83.8 Å². The highest BCUT2D eigenvalue weighted by molar-refractivity contribution is 9.13. The van der Waals surface area contributed by atoms with Crippen molar-refractivity contribution in [1.29, 1.82) is 0 Å². The summed E-state index contributed by atoms with van der Waals surface area (Å²) >= 11 is 13.3. The first-order valence-electron chi connectivity index (χ1n) is 8.25. The van der Waals surface area contributed by atoms with Crippen LogP contribution in [0.5, 0.6) is 11.5 Å². The van der Waals surface area contributed by atoms with Gasteiger partial charge in [0.15, 0.2) is 0 Å². The number of allylic oxidation sites excluding steroid dienone is 3. The molecule has 2 aromatic carbocycles. The van der Waals surface area contributed by atoms with Crippen molar-refractivity contribution >= 4 is 75.5 Å². The highest BCUT2D eigenvalue weighted by atomic mass is 79.9. The zero-order valence-electron chi connectivity index (χ0n) is 14.2. The molecule has 0 fully saturated rings. The fourth-order valence-electron chi connectivity index (χ4n) is 3.60. The van der Waals surface area contributed by atoms with Crippen molar-refractivity contribution in [3.63, 3.8) is 0 Å². The molecule has 2 atom stereocenters. The van der Waals surface area contributed by atoms with E-state index in [1.54, 1.807) is 36.4 Å². The van der Waals surface area contributed by atoms with Gasteiger partial charge in [-0.3, -0.25) is 4.79 Å². The second kappa shape index (κ2) is 7.68. The average Bonchev–Trinajstić information content (AvgIpc) is 2.69. The average molecular weight is 650 g/mol. The number of carboxylic acids is 1. The number of Topliss-reactive ketones (excluding diaryl/α,β-unsaturated/α-hetero) is 1. The Morgan fingerprint density at radius 2 is 1.76 bits per heavy atom. The maximum atomic E-state index is 12.5. The van der Waals surface area contributed by atoms with Gasteiger partial charge in [0.1, 0.15) is 26.2 Å². The molecule has 0 bridgehead atoms. The third kappa shape index (κ3) is 3.32. The highest BCUT2D eigenvalue weighted by Crippen LogP contribution is 2.55. The molecular weight excluding hydrogens is 640 g/mol. The Hall–Kier alpha value is -1.42. The lowest BCUT2D eigenvalue weighted by Crippen LogP contribution is -2.30. The number of carboxylic acid groups (broad SMARTS) is 1. The van der Waals surface area contributed by atoms with Crippen molar-refractivity contribution in [3.8, 4) is 11.5 Å². The van der Waals surface area contributed by atoms with Crippen LogP contribution in [0.2, 0.25) is 0 Å². The van der Waals surface area contributed by atoms with Gasteiger partial charge in [0.05, 0.1) is 14.5 Å². The zero-order valence-corrected chi connectivity index (χ0v) is 20.6. The molecule has 0 spiro atoms. The van der Waals surface area contributed by atoms with Crippen LogP contribution in [0.4, 0.5) is 0 Å². The molecule has 0 unspecified atom stereocenters. The van der Waals surface area contributed by atoms with Gasteiger partial charge in [-0.05, 0) is 81.4 Å². The largest absolute Gasteiger partial charge is 0.505 e. The molecule has 0 saturated carbocycles. The molecular formula is C20H10Br4O5. The molecule has 2 aromatic rings. The van der Waals surface area contributed by atoms with Gasteiger partial charge in [-0.2, -0.15) is 0 Å². The first kappa shape index (κ1) is 20.8. The number of carbonyl (C=O) groups is 2. The minimum Gasteiger partial charge on any atom is -0.505 e. The minimum absolute atomic E-state index is 0.0527. The van der Waals surface area contributed by atoms with E-state index in [1.165, 1.54) is 0 Å². The fraction of sp³-hybridized carbons (Fsp3) is 0.100. The summed E-state index contributed by atoms with van der Waals surface area (Å²) in [7, 11) is 0. The number of halogens is 4. The number of rotatable bonds is 2. The standard InChI is InChI=1S/C20H10Br4O5/c21-11-5-9-13(7-3-1-2-4-8(7)20(27)28)10-6-12(22)17(26)15(24)19(10)29-18(9)14(23)16(11)25/h1-6,9,13,26H,(H,27,28)/t9-,13+/m1/s1. The third-order valence-electron chi connectivity index (χ3n) is 4.87. The molecule has 2 N–H and O–H groups in total. The van der Waals surface area contributed by atoms with Crippen molar-refractivity contribution in [3.05, 3.63) is 76.8 Å². The molecule has 1 aliphatic carbocycles. The van der Waals surface area contributed by atoms with E-state index >= 15 is 0 Å². The van der Waals surface area contributed by atoms with Crippen molar-refractivity contribution in [2.45, 2.75) is 5.92 Å². The quantitative estimate of drug-likeness (QED) is 0.404. The van der Waals surface area contributed by atoms with E-state index in [2.05, 4.69) is 63.7 Å². The molecule has 0 saturated heterocycles. The summed E-state index contributed by atoms with van der Waals surface area (Å²) in [4.78, 5) is 24.4. The number of fused-ring (bicyclic) bond motifs is 2. The summed E-state index contributed by atoms with van der Waals surface area (Å²) in [5.74, 6) is -1.59. The number of aromatic hydroxyl groups is 1. The molecule has 1 heterocycles. The maximum absolute atomic E-state index is 12.5. The Balaban J connectivity index is 2.08. The molecule has 29 heavy (non-hydrogen) atoms. The van der Waals surface area contributed by atoms with E-state index in [-0.39, 0.29) is 21.6 Å². The van der Waals surface area contributed by atoms with Crippen molar-refractivity contribution in [1.82, 2.24) is 0 Å². The number of aromatic carboxylic acids is 1. The van der Waals surface area contributed by atoms with Crippen LogP contribution in [-0.4, -0.2) is 22.0 Å². The Bertz CT molecular complexity index is 1150. The molecule has 5 nitrogen and oxygen atoms in total. The van der Waals surface area contributed by atoms with Crippen LogP contribution >= 0.6 is 63.7 Å². The number of ketones is 1. The van der Waals surface area contributed by atoms with Crippen LogP contribution in [0, 0.1) is 5.92 Å². The van der Waals surface area contributed by atoms with E-state index in [0.717, 1.165) is 0 Å². The number of phenolic OH excluding ortho intramolecular Hbond substituents is 1. The van der Waals surface area contributed by atoms with E-state index in [1.807, 2.05) is 0 Å². The first-order chi connectivity index (χ1) is 13.7. The smallest absolute Gasteiger partial charge is 0.335 e. The zero-order chi connectivity index (χ0) is 21.0. The maximum Gasteiger partial charge on any atom is 0.335 e. The fourth-order valence-corrected chi connectivity index (χ4v) is 6.15. The second-order valence-corrected chi connectivity index (χ2v) is 9.75. The highest BCUT2D eigenvalue weighted by Gasteiger charge is 2.43. The van der Waals surface area contributed by atoms with Gasteiger partial charge in [0.25, 0.3) is 0 Å². The van der Waals surface area contributed by atoms with Gasteiger partial charge in [-0.25, -0.2) is 4.79 Å². The second-order valence-electron chi connectivity index (χ2n) is 6.46. The molecule has 148 valence electrons. The lowest BCUT2D eigenvalue weighted by molar-refractivity contribution is -0.111. The number of benzene rings is 2. The molecule has 0 amide bonds. The van der Waals surface area contributed by atoms with Crippen LogP contribution in [0.25, 0.3) is 0 Å². The first-order valence-corrected chi connectivity index (χ1v) is 11.4. The van der Waals surface area contributed by atoms with Gasteiger partial charge in [-0.15, -0.1) is 0 Å². The SMILES string of the molecule is O=C1C(Br)=C[C@H]2C(=C1Br)Oc1c(cc(Br)c(O)c1Br)[C@H]2c1ccccc1C(=O)O. The molecule has 4 rings (SSSR count). The predicted octanol–water partition coefficient (Wildman–Crippen LogP) is 6.22. The number of ether oxygens (including phenoxy) is 1. The number of hydrogen-bond donors (Lipinski definition) is 2. The Morgan fingerprint density at radius 1 is 1.07 bits per heavy atom. The normalized spacial score (nSPS) is 20.6. The summed E-state index contributed by atoms with van der Waals surface area (Å²) in [5.41, 5.74) is 1.40. The Kier molecular flexibility index (Phi) is 5.52. The molecule has 0 radical (unpaired) electrons.